The molecule has 0 N–H and O–H groups in total. The zero-order valence-corrected chi connectivity index (χ0v) is 15.4. The number of carbonyl (C=O) groups excluding carboxylic acids is 1. The molecule has 0 amide bonds. The van der Waals surface area contributed by atoms with Crippen molar-refractivity contribution in [2.75, 3.05) is 6.79 Å². The van der Waals surface area contributed by atoms with Crippen molar-refractivity contribution in [3.05, 3.63) is 47.6 Å². The van der Waals surface area contributed by atoms with Gasteiger partial charge in [-0.2, -0.15) is 0 Å². The number of rotatable bonds is 6. The third kappa shape index (κ3) is 3.44. The van der Waals surface area contributed by atoms with Gasteiger partial charge in [0, 0.05) is 0 Å². The van der Waals surface area contributed by atoms with E-state index in [1.54, 1.807) is 0 Å². The molecule has 0 spiro atoms. The van der Waals surface area contributed by atoms with Crippen LogP contribution in [-0.2, 0) is 22.6 Å². The van der Waals surface area contributed by atoms with Crippen LogP contribution in [0.1, 0.15) is 38.8 Å². The Morgan fingerprint density at radius 2 is 1.92 bits per heavy atom. The van der Waals surface area contributed by atoms with Gasteiger partial charge in [-0.3, -0.25) is 4.79 Å². The molecule has 0 bridgehead atoms. The zero-order valence-electron chi connectivity index (χ0n) is 15.4. The van der Waals surface area contributed by atoms with E-state index >= 15 is 0 Å². The number of ether oxygens (including phenoxy) is 3. The maximum absolute atomic E-state index is 12.6. The molecule has 4 heteroatoms. The lowest BCUT2D eigenvalue weighted by molar-refractivity contribution is -0.147. The first-order valence-electron chi connectivity index (χ1n) is 8.68. The van der Waals surface area contributed by atoms with Crippen LogP contribution in [0.3, 0.4) is 0 Å². The van der Waals surface area contributed by atoms with E-state index in [-0.39, 0.29) is 36.6 Å². The highest BCUT2D eigenvalue weighted by molar-refractivity contribution is 5.78. The molecule has 25 heavy (non-hydrogen) atoms. The Balaban J connectivity index is 1.70. The number of hydrogen-bond donors (Lipinski definition) is 0. The van der Waals surface area contributed by atoms with Crippen molar-refractivity contribution in [2.24, 2.45) is 17.3 Å². The van der Waals surface area contributed by atoms with Gasteiger partial charge in [0.25, 0.3) is 0 Å². The SMILES string of the molecule is C=CCc1cc2c(cc1COC(=O)[C@H]1[C@@H](C=C(C)C)C1(C)C)OCO2. The minimum atomic E-state index is -0.130. The predicted molar refractivity (Wildman–Crippen MR) is 96.5 cm³/mol. The molecule has 0 unspecified atom stereocenters. The summed E-state index contributed by atoms with van der Waals surface area (Å²) in [6.07, 6.45) is 4.70. The van der Waals surface area contributed by atoms with Gasteiger partial charge in [0.1, 0.15) is 6.61 Å². The number of fused-ring (bicyclic) bond motifs is 1. The van der Waals surface area contributed by atoms with Gasteiger partial charge in [0.2, 0.25) is 6.79 Å². The number of esters is 1. The van der Waals surface area contributed by atoms with E-state index in [9.17, 15) is 4.79 Å². The largest absolute Gasteiger partial charge is 0.461 e. The second-order valence-electron chi connectivity index (χ2n) is 7.64. The molecular weight excluding hydrogens is 316 g/mol. The van der Waals surface area contributed by atoms with Gasteiger partial charge < -0.3 is 14.2 Å². The van der Waals surface area contributed by atoms with Crippen molar-refractivity contribution < 1.29 is 19.0 Å². The summed E-state index contributed by atoms with van der Waals surface area (Å²) in [5.41, 5.74) is 3.18. The number of benzene rings is 1. The molecule has 3 rings (SSSR count). The predicted octanol–water partition coefficient (Wildman–Crippen LogP) is 4.43. The monoisotopic (exact) mass is 342 g/mol. The topological polar surface area (TPSA) is 44.8 Å². The Kier molecular flexibility index (Phi) is 4.63. The second-order valence-corrected chi connectivity index (χ2v) is 7.64. The molecular formula is C21H26O4. The Labute approximate surface area is 149 Å². The molecule has 0 saturated heterocycles. The molecule has 2 aliphatic rings. The van der Waals surface area contributed by atoms with Crippen molar-refractivity contribution in [1.82, 2.24) is 0 Å². The molecule has 2 atom stereocenters. The lowest BCUT2D eigenvalue weighted by Crippen LogP contribution is -2.11. The third-order valence-corrected chi connectivity index (χ3v) is 5.11. The van der Waals surface area contributed by atoms with Gasteiger partial charge in [0.05, 0.1) is 5.92 Å². The average molecular weight is 342 g/mol. The van der Waals surface area contributed by atoms with Crippen molar-refractivity contribution in [3.63, 3.8) is 0 Å². The van der Waals surface area contributed by atoms with Gasteiger partial charge in [0.15, 0.2) is 11.5 Å². The van der Waals surface area contributed by atoms with Crippen LogP contribution in [0.15, 0.2) is 36.4 Å². The molecule has 1 aliphatic carbocycles. The summed E-state index contributed by atoms with van der Waals surface area (Å²) in [6, 6.07) is 3.85. The van der Waals surface area contributed by atoms with Gasteiger partial charge in [-0.15, -0.1) is 6.58 Å². The molecule has 1 fully saturated rings. The molecule has 134 valence electrons. The van der Waals surface area contributed by atoms with E-state index in [1.165, 1.54) is 5.57 Å². The highest BCUT2D eigenvalue weighted by atomic mass is 16.7. The van der Waals surface area contributed by atoms with Crippen LogP contribution in [0.2, 0.25) is 0 Å². The molecule has 1 saturated carbocycles. The lowest BCUT2D eigenvalue weighted by Gasteiger charge is -2.11. The quantitative estimate of drug-likeness (QED) is 0.567. The van der Waals surface area contributed by atoms with Crippen molar-refractivity contribution in [2.45, 2.75) is 40.7 Å². The number of carbonyl (C=O) groups is 1. The van der Waals surface area contributed by atoms with Crippen molar-refractivity contribution >= 4 is 5.97 Å². The molecule has 1 aliphatic heterocycles. The van der Waals surface area contributed by atoms with Crippen LogP contribution in [-0.4, -0.2) is 12.8 Å². The summed E-state index contributed by atoms with van der Waals surface area (Å²) in [7, 11) is 0. The van der Waals surface area contributed by atoms with Crippen LogP contribution in [0.25, 0.3) is 0 Å². The van der Waals surface area contributed by atoms with Crippen LogP contribution in [0, 0.1) is 17.3 Å². The standard InChI is InChI=1S/C21H26O4/c1-6-7-14-9-17-18(25-12-24-17)10-15(14)11-23-20(22)19-16(8-13(2)3)21(19,4)5/h6,8-10,16,19H,1,7,11-12H2,2-5H3/t16-,19-/m1/s1. The first-order chi connectivity index (χ1) is 11.8. The van der Waals surface area contributed by atoms with E-state index in [2.05, 4.69) is 40.3 Å². The molecule has 1 aromatic carbocycles. The smallest absolute Gasteiger partial charge is 0.310 e. The lowest BCUT2D eigenvalue weighted by atomic mass is 10.0. The fourth-order valence-electron chi connectivity index (χ4n) is 3.54. The molecule has 1 heterocycles. The first-order valence-corrected chi connectivity index (χ1v) is 8.68. The number of allylic oxidation sites excluding steroid dienone is 3. The normalized spacial score (nSPS) is 22.2. The van der Waals surface area contributed by atoms with Gasteiger partial charge >= 0.3 is 5.97 Å². The van der Waals surface area contributed by atoms with E-state index in [1.807, 2.05) is 18.2 Å². The summed E-state index contributed by atoms with van der Waals surface area (Å²) in [5, 5.41) is 0. The summed E-state index contributed by atoms with van der Waals surface area (Å²) in [5.74, 6) is 1.50. The fourth-order valence-corrected chi connectivity index (χ4v) is 3.54. The number of hydrogen-bond acceptors (Lipinski definition) is 4. The molecule has 4 nitrogen and oxygen atoms in total. The Hall–Kier alpha value is -2.23. The van der Waals surface area contributed by atoms with Gasteiger partial charge in [-0.05, 0) is 54.9 Å². The van der Waals surface area contributed by atoms with E-state index in [0.717, 1.165) is 16.9 Å². The van der Waals surface area contributed by atoms with Crippen LogP contribution >= 0.6 is 0 Å². The molecule has 0 aromatic heterocycles. The Morgan fingerprint density at radius 3 is 2.52 bits per heavy atom. The van der Waals surface area contributed by atoms with Crippen LogP contribution in [0.5, 0.6) is 11.5 Å². The average Bonchev–Trinajstić information content (AvgIpc) is 2.88. The maximum Gasteiger partial charge on any atom is 0.310 e. The minimum absolute atomic E-state index is 0.0345. The highest BCUT2D eigenvalue weighted by Crippen LogP contribution is 2.59. The van der Waals surface area contributed by atoms with E-state index in [4.69, 9.17) is 14.2 Å². The zero-order chi connectivity index (χ0) is 18.2. The molecule has 0 radical (unpaired) electrons. The van der Waals surface area contributed by atoms with Crippen molar-refractivity contribution in [3.8, 4) is 11.5 Å². The third-order valence-electron chi connectivity index (χ3n) is 5.11. The fraction of sp³-hybridized carbons (Fsp3) is 0.476. The Morgan fingerprint density at radius 1 is 1.28 bits per heavy atom. The summed E-state index contributed by atoms with van der Waals surface area (Å²) >= 11 is 0. The maximum atomic E-state index is 12.6. The summed E-state index contributed by atoms with van der Waals surface area (Å²) < 4.78 is 16.5. The van der Waals surface area contributed by atoms with E-state index < -0.39 is 0 Å². The summed E-state index contributed by atoms with van der Waals surface area (Å²) in [4.78, 5) is 12.6. The van der Waals surface area contributed by atoms with Crippen LogP contribution in [0.4, 0.5) is 0 Å². The second kappa shape index (κ2) is 6.58. The van der Waals surface area contributed by atoms with E-state index in [0.29, 0.717) is 12.2 Å². The van der Waals surface area contributed by atoms with Crippen molar-refractivity contribution in [1.29, 1.82) is 0 Å². The van der Waals surface area contributed by atoms with Gasteiger partial charge in [-0.1, -0.05) is 31.6 Å². The van der Waals surface area contributed by atoms with Crippen LogP contribution < -0.4 is 9.47 Å². The summed E-state index contributed by atoms with van der Waals surface area (Å²) in [6.45, 7) is 12.6. The Bertz CT molecular complexity index is 726. The molecule has 1 aromatic rings. The highest BCUT2D eigenvalue weighted by Gasteiger charge is 2.61. The minimum Gasteiger partial charge on any atom is -0.461 e. The van der Waals surface area contributed by atoms with Gasteiger partial charge in [-0.25, -0.2) is 0 Å². The first kappa shape index (κ1) is 17.6.